The minimum absolute atomic E-state index is 0.0166. The minimum Gasteiger partial charge on any atom is -0.368 e. The molecule has 1 aliphatic rings. The summed E-state index contributed by atoms with van der Waals surface area (Å²) in [6.07, 6.45) is 1.36. The number of hydrogen-bond donors (Lipinski definition) is 3. The lowest BCUT2D eigenvalue weighted by Crippen LogP contribution is -2.48. The Labute approximate surface area is 169 Å². The topological polar surface area (TPSA) is 122 Å². The van der Waals surface area contributed by atoms with Crippen LogP contribution in [0.1, 0.15) is 18.5 Å². The molecule has 4 N–H and O–H groups in total. The smallest absolute Gasteiger partial charge is 0.239 e. The van der Waals surface area contributed by atoms with Gasteiger partial charge in [-0.15, -0.1) is 0 Å². The molecule has 1 saturated heterocycles. The zero-order valence-corrected chi connectivity index (χ0v) is 16.8. The van der Waals surface area contributed by atoms with Gasteiger partial charge in [0.25, 0.3) is 0 Å². The lowest BCUT2D eigenvalue weighted by molar-refractivity contribution is -0.120. The molecule has 0 spiro atoms. The fourth-order valence-electron chi connectivity index (χ4n) is 3.21. The third kappa shape index (κ3) is 3.68. The number of halogens is 1. The van der Waals surface area contributed by atoms with Crippen LogP contribution in [0.3, 0.4) is 0 Å². The van der Waals surface area contributed by atoms with Crippen molar-refractivity contribution in [2.24, 2.45) is 0 Å². The number of fused-ring (bicyclic) bond motifs is 1. The molecule has 28 heavy (non-hydrogen) atoms. The monoisotopic (exact) mass is 442 g/mol. The van der Waals surface area contributed by atoms with Gasteiger partial charge in [-0.1, -0.05) is 12.1 Å². The molecule has 1 fully saturated rings. The van der Waals surface area contributed by atoms with Gasteiger partial charge in [0, 0.05) is 28.5 Å². The highest BCUT2D eigenvalue weighted by Crippen LogP contribution is 2.33. The molecule has 0 radical (unpaired) electrons. The number of amides is 1. The maximum atomic E-state index is 11.9. The van der Waals surface area contributed by atoms with Crippen molar-refractivity contribution in [3.8, 4) is 0 Å². The van der Waals surface area contributed by atoms with E-state index in [4.69, 9.17) is 10.7 Å². The van der Waals surface area contributed by atoms with E-state index >= 15 is 0 Å². The predicted octanol–water partition coefficient (Wildman–Crippen LogP) is 1.87. The molecule has 1 aliphatic heterocycles. The van der Waals surface area contributed by atoms with E-state index in [1.54, 1.807) is 0 Å². The Kier molecular flexibility index (Phi) is 4.95. The van der Waals surface area contributed by atoms with Crippen LogP contribution in [0.2, 0.25) is 0 Å². The summed E-state index contributed by atoms with van der Waals surface area (Å²) >= 11 is 3.57. The molecule has 10 heteroatoms. The van der Waals surface area contributed by atoms with Gasteiger partial charge in [0.1, 0.15) is 12.1 Å². The molecule has 2 aromatic heterocycles. The number of piperazine rings is 1. The van der Waals surface area contributed by atoms with Gasteiger partial charge in [0.15, 0.2) is 0 Å². The molecule has 1 aromatic carbocycles. The Morgan fingerprint density at radius 1 is 1.32 bits per heavy atom. The van der Waals surface area contributed by atoms with Gasteiger partial charge in [-0.2, -0.15) is 4.98 Å². The molecule has 4 rings (SSSR count). The van der Waals surface area contributed by atoms with E-state index in [2.05, 4.69) is 47.6 Å². The number of rotatable bonds is 4. The normalized spacial score (nSPS) is 15.4. The number of carbonyl (C=O) groups excluding carboxylic acids is 1. The summed E-state index contributed by atoms with van der Waals surface area (Å²) in [4.78, 5) is 30.9. The number of pyridine rings is 1. The minimum atomic E-state index is -0.169. The zero-order valence-electron chi connectivity index (χ0n) is 15.2. The first-order valence-electron chi connectivity index (χ1n) is 8.83. The molecule has 0 aliphatic carbocycles. The second-order valence-corrected chi connectivity index (χ2v) is 7.37. The van der Waals surface area contributed by atoms with Crippen LogP contribution in [0.25, 0.3) is 10.9 Å². The number of nitrogens with two attached hydrogens (primary N) is 1. The second-order valence-electron chi connectivity index (χ2n) is 6.52. The number of aromatic nitrogens is 4. The van der Waals surface area contributed by atoms with Gasteiger partial charge in [-0.25, -0.2) is 15.0 Å². The predicted molar refractivity (Wildman–Crippen MR) is 111 cm³/mol. The van der Waals surface area contributed by atoms with Crippen LogP contribution < -0.4 is 21.3 Å². The van der Waals surface area contributed by atoms with Crippen molar-refractivity contribution in [3.05, 3.63) is 40.6 Å². The maximum absolute atomic E-state index is 11.9. The second kappa shape index (κ2) is 7.55. The van der Waals surface area contributed by atoms with Crippen molar-refractivity contribution in [2.45, 2.75) is 13.0 Å². The standard InChI is InChI=1S/C18H19BrN8O/c1-10(24-18-23-9-22-17(20)26-18)12-7-11-3-2-4-13(19)15(11)25-16(12)27-6-5-21-14(28)8-27/h2-4,7,9-10H,5-6,8H2,1H3,(H,21,28)(H3,20,22,23,24,26). The van der Waals surface area contributed by atoms with Gasteiger partial charge in [-0.3, -0.25) is 4.79 Å². The Hall–Kier alpha value is -3.01. The highest BCUT2D eigenvalue weighted by Gasteiger charge is 2.24. The van der Waals surface area contributed by atoms with Crippen molar-refractivity contribution in [2.75, 3.05) is 35.6 Å². The van der Waals surface area contributed by atoms with Crippen molar-refractivity contribution < 1.29 is 4.79 Å². The average Bonchev–Trinajstić information content (AvgIpc) is 2.67. The highest BCUT2D eigenvalue weighted by molar-refractivity contribution is 9.10. The van der Waals surface area contributed by atoms with Crippen molar-refractivity contribution in [1.82, 2.24) is 25.3 Å². The van der Waals surface area contributed by atoms with Crippen molar-refractivity contribution in [3.63, 3.8) is 0 Å². The van der Waals surface area contributed by atoms with Crippen LogP contribution in [0.5, 0.6) is 0 Å². The first-order valence-corrected chi connectivity index (χ1v) is 9.62. The van der Waals surface area contributed by atoms with Gasteiger partial charge in [0.05, 0.1) is 18.1 Å². The fourth-order valence-corrected chi connectivity index (χ4v) is 3.68. The zero-order chi connectivity index (χ0) is 19.7. The Bertz CT molecular complexity index is 1040. The molecule has 1 unspecified atom stereocenters. The molecule has 0 bridgehead atoms. The van der Waals surface area contributed by atoms with Crippen LogP contribution in [-0.2, 0) is 4.79 Å². The number of benzene rings is 1. The summed E-state index contributed by atoms with van der Waals surface area (Å²) < 4.78 is 0.908. The summed E-state index contributed by atoms with van der Waals surface area (Å²) in [5.41, 5.74) is 7.45. The molecular weight excluding hydrogens is 424 g/mol. The molecular formula is C18H19BrN8O. The van der Waals surface area contributed by atoms with E-state index in [0.29, 0.717) is 19.0 Å². The molecule has 9 nitrogen and oxygen atoms in total. The van der Waals surface area contributed by atoms with E-state index < -0.39 is 0 Å². The Balaban J connectivity index is 1.78. The molecule has 1 atom stereocenters. The summed E-state index contributed by atoms with van der Waals surface area (Å²) in [5, 5.41) is 7.10. The molecule has 3 aromatic rings. The first kappa shape index (κ1) is 18.4. The average molecular weight is 443 g/mol. The molecule has 1 amide bonds. The van der Waals surface area contributed by atoms with Gasteiger partial charge < -0.3 is 21.3 Å². The SMILES string of the molecule is CC(Nc1ncnc(N)n1)c1cc2cccc(Br)c2nc1N1CCNC(=O)C1. The van der Waals surface area contributed by atoms with Gasteiger partial charge in [-0.05, 0) is 35.0 Å². The van der Waals surface area contributed by atoms with Crippen molar-refractivity contribution >= 4 is 50.5 Å². The highest BCUT2D eigenvalue weighted by atomic mass is 79.9. The number of carbonyl (C=O) groups is 1. The van der Waals surface area contributed by atoms with E-state index in [-0.39, 0.29) is 24.4 Å². The summed E-state index contributed by atoms with van der Waals surface area (Å²) in [6, 6.07) is 7.85. The molecule has 0 saturated carbocycles. The third-order valence-corrected chi connectivity index (χ3v) is 5.19. The lowest BCUT2D eigenvalue weighted by Gasteiger charge is -2.31. The van der Waals surface area contributed by atoms with Crippen LogP contribution in [0, 0.1) is 0 Å². The van der Waals surface area contributed by atoms with Gasteiger partial charge >= 0.3 is 0 Å². The summed E-state index contributed by atoms with van der Waals surface area (Å²) in [7, 11) is 0. The van der Waals surface area contributed by atoms with E-state index in [0.717, 1.165) is 26.8 Å². The largest absolute Gasteiger partial charge is 0.368 e. The number of nitrogens with one attached hydrogen (secondary N) is 2. The van der Waals surface area contributed by atoms with Crippen LogP contribution in [-0.4, -0.2) is 45.5 Å². The van der Waals surface area contributed by atoms with E-state index in [1.165, 1.54) is 6.33 Å². The van der Waals surface area contributed by atoms with Crippen LogP contribution in [0.15, 0.2) is 35.1 Å². The van der Waals surface area contributed by atoms with E-state index in [9.17, 15) is 4.79 Å². The molecule has 3 heterocycles. The fraction of sp³-hybridized carbons (Fsp3) is 0.278. The maximum Gasteiger partial charge on any atom is 0.239 e. The lowest BCUT2D eigenvalue weighted by atomic mass is 10.0. The summed E-state index contributed by atoms with van der Waals surface area (Å²) in [6.45, 7) is 3.53. The molecule has 144 valence electrons. The first-order chi connectivity index (χ1) is 13.5. The van der Waals surface area contributed by atoms with Crippen LogP contribution >= 0.6 is 15.9 Å². The number of nitrogen functional groups attached to an aromatic ring is 1. The number of nitrogens with zero attached hydrogens (tertiary/aromatic N) is 5. The Morgan fingerprint density at radius 2 is 2.18 bits per heavy atom. The summed E-state index contributed by atoms with van der Waals surface area (Å²) in [5.74, 6) is 1.28. The van der Waals surface area contributed by atoms with E-state index in [1.807, 2.05) is 30.0 Å². The number of para-hydroxylation sites is 1. The Morgan fingerprint density at radius 3 is 2.96 bits per heavy atom. The van der Waals surface area contributed by atoms with Crippen molar-refractivity contribution in [1.29, 1.82) is 0 Å². The number of anilines is 3. The number of hydrogen-bond acceptors (Lipinski definition) is 8. The third-order valence-electron chi connectivity index (χ3n) is 4.55. The van der Waals surface area contributed by atoms with Crippen LogP contribution in [0.4, 0.5) is 17.7 Å². The van der Waals surface area contributed by atoms with Gasteiger partial charge in [0.2, 0.25) is 17.8 Å². The quantitative estimate of drug-likeness (QED) is 0.559.